The van der Waals surface area contributed by atoms with Gasteiger partial charge in [0.25, 0.3) is 5.56 Å². The van der Waals surface area contributed by atoms with Gasteiger partial charge in [-0.3, -0.25) is 9.36 Å². The Morgan fingerprint density at radius 2 is 1.57 bits per heavy atom. The molecule has 4 rings (SSSR count). The lowest BCUT2D eigenvalue weighted by molar-refractivity contribution is 0.920. The molecule has 0 bridgehead atoms. The van der Waals surface area contributed by atoms with Gasteiger partial charge in [-0.25, -0.2) is 4.98 Å². The van der Waals surface area contributed by atoms with E-state index in [-0.39, 0.29) is 10.8 Å². The smallest absolute Gasteiger partial charge is 0.267 e. The highest BCUT2D eigenvalue weighted by molar-refractivity contribution is 7.99. The normalized spacial score (nSPS) is 11.9. The Balaban J connectivity index is 2.08. The van der Waals surface area contributed by atoms with Gasteiger partial charge in [0.15, 0.2) is 0 Å². The fraction of sp³-hybridized carbons (Fsp3) is 0.133. The van der Waals surface area contributed by atoms with Crippen LogP contribution in [0.4, 0.5) is 11.5 Å². The van der Waals surface area contributed by atoms with E-state index in [1.165, 1.54) is 0 Å². The van der Waals surface area contributed by atoms with E-state index in [0.29, 0.717) is 23.8 Å². The van der Waals surface area contributed by atoms with Crippen LogP contribution in [0.25, 0.3) is 23.2 Å². The summed E-state index contributed by atoms with van der Waals surface area (Å²) in [6.07, 6.45) is 7.86. The third-order valence-corrected chi connectivity index (χ3v) is 6.59. The molecule has 0 aliphatic heterocycles. The van der Waals surface area contributed by atoms with Crippen molar-refractivity contribution in [2.45, 2.75) is 12.2 Å². The quantitative estimate of drug-likeness (QED) is 0.243. The molecule has 0 saturated carbocycles. The van der Waals surface area contributed by atoms with E-state index in [2.05, 4.69) is 25.8 Å². The van der Waals surface area contributed by atoms with Crippen molar-refractivity contribution in [3.8, 4) is 17.1 Å². The van der Waals surface area contributed by atoms with Crippen LogP contribution in [0, 0.1) is 0 Å². The Morgan fingerprint density at radius 1 is 0.971 bits per heavy atom. The first kappa shape index (κ1) is 24.3. The molecule has 5 heteroatoms. The third kappa shape index (κ3) is 5.47. The summed E-state index contributed by atoms with van der Waals surface area (Å²) >= 11 is 1.73. The molecule has 3 aromatic carbocycles. The van der Waals surface area contributed by atoms with E-state index in [1.54, 1.807) is 16.3 Å². The first-order valence-electron chi connectivity index (χ1n) is 11.6. The van der Waals surface area contributed by atoms with Gasteiger partial charge in [0, 0.05) is 23.0 Å². The molecule has 1 atom stereocenters. The van der Waals surface area contributed by atoms with Crippen molar-refractivity contribution < 1.29 is 0 Å². The van der Waals surface area contributed by atoms with Gasteiger partial charge < -0.3 is 4.90 Å². The molecule has 0 radical (unpaired) electrons. The predicted octanol–water partition coefficient (Wildman–Crippen LogP) is 6.99. The Kier molecular flexibility index (Phi) is 8.01. The summed E-state index contributed by atoms with van der Waals surface area (Å²) in [6, 6.07) is 29.5. The molecule has 35 heavy (non-hydrogen) atoms. The van der Waals surface area contributed by atoms with Crippen LogP contribution in [0.2, 0.25) is 0 Å². The van der Waals surface area contributed by atoms with E-state index < -0.39 is 0 Å². The van der Waals surface area contributed by atoms with Crippen LogP contribution >= 0.6 is 11.8 Å². The highest BCUT2D eigenvalue weighted by Crippen LogP contribution is 2.30. The Morgan fingerprint density at radius 3 is 2.17 bits per heavy atom. The summed E-state index contributed by atoms with van der Waals surface area (Å²) in [5.74, 6) is 1.20. The minimum absolute atomic E-state index is 0.116. The fourth-order valence-corrected chi connectivity index (χ4v) is 4.07. The molecular formula is C30H29N3OS. The van der Waals surface area contributed by atoms with Crippen molar-refractivity contribution in [2.75, 3.05) is 17.7 Å². The number of benzene rings is 3. The van der Waals surface area contributed by atoms with Gasteiger partial charge in [-0.15, -0.1) is 6.58 Å². The van der Waals surface area contributed by atoms with Gasteiger partial charge in [0.1, 0.15) is 11.6 Å². The van der Waals surface area contributed by atoms with Gasteiger partial charge >= 0.3 is 0 Å². The van der Waals surface area contributed by atoms with E-state index in [9.17, 15) is 4.79 Å². The number of hydrogen-bond acceptors (Lipinski definition) is 4. The molecule has 4 aromatic rings. The molecule has 1 unspecified atom stereocenters. The number of rotatable bonds is 9. The van der Waals surface area contributed by atoms with Gasteiger partial charge in [-0.2, -0.15) is 11.8 Å². The molecule has 1 heterocycles. The molecule has 0 amide bonds. The van der Waals surface area contributed by atoms with E-state index >= 15 is 0 Å². The molecule has 0 saturated heterocycles. The first-order chi connectivity index (χ1) is 17.1. The van der Waals surface area contributed by atoms with E-state index in [0.717, 1.165) is 16.9 Å². The van der Waals surface area contributed by atoms with Crippen LogP contribution in [-0.4, -0.2) is 27.6 Å². The molecular weight excluding hydrogens is 450 g/mol. The van der Waals surface area contributed by atoms with E-state index in [4.69, 9.17) is 4.98 Å². The standard InChI is InChI=1S/C30H29N3OS/c1-4-22-32(25-16-10-6-11-17-25)29-27(21-20-23(2)35-3)30(34)33(26-18-12-7-13-19-26)28(31-29)24-14-8-5-9-15-24/h4-21,23H,1,22H2,2-3H3/b21-20+. The van der Waals surface area contributed by atoms with Crippen LogP contribution in [0.3, 0.4) is 0 Å². The SMILES string of the molecule is C=CCN(c1ccccc1)c1nc(-c2ccccc2)n(-c2ccccc2)c(=O)c1/C=C/C(C)SC. The molecule has 0 spiro atoms. The van der Waals surface area contributed by atoms with Crippen molar-refractivity contribution in [1.82, 2.24) is 9.55 Å². The van der Waals surface area contributed by atoms with Crippen LogP contribution in [0.5, 0.6) is 0 Å². The van der Waals surface area contributed by atoms with Gasteiger partial charge in [-0.1, -0.05) is 78.9 Å². The maximum atomic E-state index is 14.2. The summed E-state index contributed by atoms with van der Waals surface area (Å²) in [5.41, 5.74) is 3.02. The summed E-state index contributed by atoms with van der Waals surface area (Å²) in [4.78, 5) is 21.4. The molecule has 0 N–H and O–H groups in total. The molecule has 4 nitrogen and oxygen atoms in total. The van der Waals surface area contributed by atoms with Crippen molar-refractivity contribution >= 4 is 29.3 Å². The Bertz CT molecular complexity index is 1350. The number of hydrogen-bond donors (Lipinski definition) is 0. The average Bonchev–Trinajstić information content (AvgIpc) is 2.92. The maximum Gasteiger partial charge on any atom is 0.267 e. The number of thioether (sulfide) groups is 1. The highest BCUT2D eigenvalue weighted by Gasteiger charge is 2.22. The first-order valence-corrected chi connectivity index (χ1v) is 12.8. The summed E-state index contributed by atoms with van der Waals surface area (Å²) in [6.45, 7) is 6.59. The lowest BCUT2D eigenvalue weighted by Gasteiger charge is -2.26. The van der Waals surface area contributed by atoms with Crippen LogP contribution in [-0.2, 0) is 0 Å². The van der Waals surface area contributed by atoms with E-state index in [1.807, 2.05) is 108 Å². The third-order valence-electron chi connectivity index (χ3n) is 5.69. The van der Waals surface area contributed by atoms with Crippen molar-refractivity contribution in [3.63, 3.8) is 0 Å². The molecule has 0 aliphatic carbocycles. The summed E-state index contributed by atoms with van der Waals surface area (Å²) in [7, 11) is 0. The minimum atomic E-state index is -0.116. The zero-order chi connectivity index (χ0) is 24.6. The predicted molar refractivity (Wildman–Crippen MR) is 151 cm³/mol. The summed E-state index contributed by atoms with van der Waals surface area (Å²) < 4.78 is 1.71. The number of aromatic nitrogens is 2. The van der Waals surface area contributed by atoms with Crippen molar-refractivity contribution in [2.24, 2.45) is 0 Å². The summed E-state index contributed by atoms with van der Waals surface area (Å²) in [5, 5.41) is 0.255. The fourth-order valence-electron chi connectivity index (χ4n) is 3.83. The second-order valence-electron chi connectivity index (χ2n) is 8.05. The second-order valence-corrected chi connectivity index (χ2v) is 9.26. The van der Waals surface area contributed by atoms with Crippen molar-refractivity contribution in [1.29, 1.82) is 0 Å². The lowest BCUT2D eigenvalue weighted by Crippen LogP contribution is -2.29. The highest BCUT2D eigenvalue weighted by atomic mass is 32.2. The average molecular weight is 480 g/mol. The number of para-hydroxylation sites is 2. The zero-order valence-electron chi connectivity index (χ0n) is 20.0. The Labute approximate surface area is 211 Å². The Hall–Kier alpha value is -3.83. The van der Waals surface area contributed by atoms with Gasteiger partial charge in [0.05, 0.1) is 11.3 Å². The lowest BCUT2D eigenvalue weighted by atomic mass is 10.1. The molecule has 0 aliphatic rings. The molecule has 0 fully saturated rings. The van der Waals surface area contributed by atoms with Crippen LogP contribution in [0.1, 0.15) is 12.5 Å². The maximum absolute atomic E-state index is 14.2. The monoisotopic (exact) mass is 479 g/mol. The van der Waals surface area contributed by atoms with Crippen LogP contribution in [0.15, 0.2) is 115 Å². The zero-order valence-corrected chi connectivity index (χ0v) is 20.9. The minimum Gasteiger partial charge on any atom is -0.322 e. The second kappa shape index (κ2) is 11.5. The van der Waals surface area contributed by atoms with Gasteiger partial charge in [0.2, 0.25) is 0 Å². The molecule has 176 valence electrons. The number of nitrogens with zero attached hydrogens (tertiary/aromatic N) is 3. The topological polar surface area (TPSA) is 38.1 Å². The van der Waals surface area contributed by atoms with Crippen LogP contribution < -0.4 is 10.5 Å². The molecule has 1 aromatic heterocycles. The van der Waals surface area contributed by atoms with Crippen molar-refractivity contribution in [3.05, 3.63) is 126 Å². The largest absolute Gasteiger partial charge is 0.322 e. The number of anilines is 2. The van der Waals surface area contributed by atoms with Gasteiger partial charge in [-0.05, 0) is 43.5 Å².